The molecule has 2 aromatic rings. The Morgan fingerprint density at radius 2 is 2.24 bits per heavy atom. The van der Waals surface area contributed by atoms with Gasteiger partial charge in [-0.2, -0.15) is 0 Å². The summed E-state index contributed by atoms with van der Waals surface area (Å²) in [6.45, 7) is 8.25. The highest BCUT2D eigenvalue weighted by Crippen LogP contribution is 2.17. The normalized spacial score (nSPS) is 10.8. The van der Waals surface area contributed by atoms with E-state index in [1.165, 1.54) is 10.4 Å². The van der Waals surface area contributed by atoms with Crippen molar-refractivity contribution < 1.29 is 0 Å². The molecule has 0 amide bonds. The van der Waals surface area contributed by atoms with Crippen molar-refractivity contribution in [3.63, 3.8) is 0 Å². The van der Waals surface area contributed by atoms with Gasteiger partial charge in [-0.1, -0.05) is 6.92 Å². The number of hydrogen-bond donors (Lipinski definition) is 1. The molecule has 0 radical (unpaired) electrons. The standard InChI is InChI=1S/C13H19N3S/c1-4-6-16-9-11(3)15-13(16)14-8-12-10(2)5-7-17-12/h5,7,9H,4,6,8H2,1-3H3,(H,14,15). The van der Waals surface area contributed by atoms with Crippen LogP contribution in [0.1, 0.15) is 29.5 Å². The molecule has 0 saturated carbocycles. The molecule has 2 rings (SSSR count). The first-order valence-corrected chi connectivity index (χ1v) is 6.89. The summed E-state index contributed by atoms with van der Waals surface area (Å²) in [6, 6.07) is 2.16. The van der Waals surface area contributed by atoms with Crippen LogP contribution in [0.5, 0.6) is 0 Å². The van der Waals surface area contributed by atoms with Crippen molar-refractivity contribution in [3.8, 4) is 0 Å². The van der Waals surface area contributed by atoms with Gasteiger partial charge in [0, 0.05) is 17.6 Å². The Hall–Kier alpha value is -1.29. The van der Waals surface area contributed by atoms with E-state index in [1.807, 2.05) is 6.92 Å². The summed E-state index contributed by atoms with van der Waals surface area (Å²) in [7, 11) is 0. The van der Waals surface area contributed by atoms with Crippen molar-refractivity contribution in [2.45, 2.75) is 40.3 Å². The van der Waals surface area contributed by atoms with Crippen LogP contribution >= 0.6 is 11.3 Å². The fourth-order valence-corrected chi connectivity index (χ4v) is 2.69. The van der Waals surface area contributed by atoms with Crippen molar-refractivity contribution in [1.29, 1.82) is 0 Å². The lowest BCUT2D eigenvalue weighted by Gasteiger charge is -2.08. The van der Waals surface area contributed by atoms with Crippen LogP contribution in [0.15, 0.2) is 17.6 Å². The summed E-state index contributed by atoms with van der Waals surface area (Å²) in [6.07, 6.45) is 3.23. The van der Waals surface area contributed by atoms with E-state index in [0.29, 0.717) is 0 Å². The Balaban J connectivity index is 2.05. The molecule has 0 atom stereocenters. The van der Waals surface area contributed by atoms with Gasteiger partial charge >= 0.3 is 0 Å². The average Bonchev–Trinajstić information content (AvgIpc) is 2.83. The summed E-state index contributed by atoms with van der Waals surface area (Å²) in [5, 5.41) is 5.56. The van der Waals surface area contributed by atoms with E-state index in [0.717, 1.165) is 31.2 Å². The van der Waals surface area contributed by atoms with E-state index in [2.05, 4.69) is 46.4 Å². The number of aromatic nitrogens is 2. The number of aryl methyl sites for hydroxylation is 3. The van der Waals surface area contributed by atoms with Gasteiger partial charge in [-0.15, -0.1) is 11.3 Å². The minimum atomic E-state index is 0.865. The average molecular weight is 249 g/mol. The van der Waals surface area contributed by atoms with Crippen LogP contribution < -0.4 is 5.32 Å². The fourth-order valence-electron chi connectivity index (χ4n) is 1.84. The molecule has 3 nitrogen and oxygen atoms in total. The molecule has 0 aliphatic rings. The van der Waals surface area contributed by atoms with Gasteiger partial charge in [0.1, 0.15) is 0 Å². The minimum absolute atomic E-state index is 0.865. The zero-order valence-electron chi connectivity index (χ0n) is 10.7. The second-order valence-corrected chi connectivity index (χ2v) is 5.28. The van der Waals surface area contributed by atoms with Gasteiger partial charge in [0.25, 0.3) is 0 Å². The summed E-state index contributed by atoms with van der Waals surface area (Å²) in [5.74, 6) is 0.983. The first-order valence-electron chi connectivity index (χ1n) is 6.01. The predicted octanol–water partition coefficient (Wildman–Crippen LogP) is 3.58. The highest BCUT2D eigenvalue weighted by Gasteiger charge is 2.05. The Morgan fingerprint density at radius 3 is 2.88 bits per heavy atom. The quantitative estimate of drug-likeness (QED) is 0.877. The van der Waals surface area contributed by atoms with Crippen LogP contribution in [0.2, 0.25) is 0 Å². The van der Waals surface area contributed by atoms with Crippen molar-refractivity contribution in [1.82, 2.24) is 9.55 Å². The molecule has 92 valence electrons. The van der Waals surface area contributed by atoms with Crippen LogP contribution in [0.3, 0.4) is 0 Å². The third kappa shape index (κ3) is 2.88. The number of nitrogens with zero attached hydrogens (tertiary/aromatic N) is 2. The van der Waals surface area contributed by atoms with Crippen LogP contribution in [-0.2, 0) is 13.1 Å². The number of anilines is 1. The van der Waals surface area contributed by atoms with Crippen LogP contribution in [-0.4, -0.2) is 9.55 Å². The van der Waals surface area contributed by atoms with Gasteiger partial charge < -0.3 is 9.88 Å². The van der Waals surface area contributed by atoms with Gasteiger partial charge in [0.15, 0.2) is 0 Å². The van der Waals surface area contributed by atoms with Crippen LogP contribution in [0, 0.1) is 13.8 Å². The molecule has 1 N–H and O–H groups in total. The molecule has 0 aliphatic carbocycles. The molecule has 2 heterocycles. The van der Waals surface area contributed by atoms with E-state index < -0.39 is 0 Å². The molecule has 0 bridgehead atoms. The minimum Gasteiger partial charge on any atom is -0.351 e. The van der Waals surface area contributed by atoms with Crippen LogP contribution in [0.4, 0.5) is 5.95 Å². The molecule has 0 fully saturated rings. The van der Waals surface area contributed by atoms with E-state index in [4.69, 9.17) is 0 Å². The zero-order valence-corrected chi connectivity index (χ0v) is 11.5. The summed E-state index contributed by atoms with van der Waals surface area (Å²) >= 11 is 1.80. The molecule has 4 heteroatoms. The molecule has 0 aliphatic heterocycles. The second-order valence-electron chi connectivity index (χ2n) is 4.28. The van der Waals surface area contributed by atoms with E-state index >= 15 is 0 Å². The first kappa shape index (κ1) is 12.2. The largest absolute Gasteiger partial charge is 0.351 e. The topological polar surface area (TPSA) is 29.9 Å². The monoisotopic (exact) mass is 249 g/mol. The highest BCUT2D eigenvalue weighted by molar-refractivity contribution is 7.10. The highest BCUT2D eigenvalue weighted by atomic mass is 32.1. The van der Waals surface area contributed by atoms with Crippen molar-refractivity contribution in [2.75, 3.05) is 5.32 Å². The summed E-state index contributed by atoms with van der Waals surface area (Å²) in [5.41, 5.74) is 2.43. The number of rotatable bonds is 5. The molecule has 17 heavy (non-hydrogen) atoms. The molecule has 0 aromatic carbocycles. The maximum absolute atomic E-state index is 4.51. The maximum Gasteiger partial charge on any atom is 0.203 e. The Bertz CT molecular complexity index is 485. The fraction of sp³-hybridized carbons (Fsp3) is 0.462. The lowest BCUT2D eigenvalue weighted by molar-refractivity contribution is 0.682. The van der Waals surface area contributed by atoms with Crippen molar-refractivity contribution in [3.05, 3.63) is 33.8 Å². The van der Waals surface area contributed by atoms with E-state index in [-0.39, 0.29) is 0 Å². The lowest BCUT2D eigenvalue weighted by Crippen LogP contribution is -2.06. The molecule has 0 unspecified atom stereocenters. The Labute approximate surface area is 107 Å². The SMILES string of the molecule is CCCn1cc(C)nc1NCc1sccc1C. The van der Waals surface area contributed by atoms with E-state index in [1.54, 1.807) is 11.3 Å². The molecule has 0 spiro atoms. The van der Waals surface area contributed by atoms with Crippen molar-refractivity contribution in [2.24, 2.45) is 0 Å². The summed E-state index contributed by atoms with van der Waals surface area (Å²) < 4.78 is 2.19. The first-order chi connectivity index (χ1) is 8.20. The summed E-state index contributed by atoms with van der Waals surface area (Å²) in [4.78, 5) is 5.90. The number of imidazole rings is 1. The van der Waals surface area contributed by atoms with Crippen LogP contribution in [0.25, 0.3) is 0 Å². The number of thiophene rings is 1. The maximum atomic E-state index is 4.51. The third-order valence-corrected chi connectivity index (χ3v) is 3.76. The molecular formula is C13H19N3S. The number of nitrogens with one attached hydrogen (secondary N) is 1. The second kappa shape index (κ2) is 5.36. The molecule has 0 saturated heterocycles. The van der Waals surface area contributed by atoms with Gasteiger partial charge in [-0.25, -0.2) is 4.98 Å². The molecular weight excluding hydrogens is 230 g/mol. The zero-order chi connectivity index (χ0) is 12.3. The smallest absolute Gasteiger partial charge is 0.203 e. The molecule has 2 aromatic heterocycles. The predicted molar refractivity (Wildman–Crippen MR) is 73.6 cm³/mol. The van der Waals surface area contributed by atoms with E-state index in [9.17, 15) is 0 Å². The lowest BCUT2D eigenvalue weighted by atomic mass is 10.3. The van der Waals surface area contributed by atoms with Crippen molar-refractivity contribution >= 4 is 17.3 Å². The number of hydrogen-bond acceptors (Lipinski definition) is 3. The van der Waals surface area contributed by atoms with Gasteiger partial charge in [0.05, 0.1) is 12.2 Å². The van der Waals surface area contributed by atoms with Gasteiger partial charge in [0.2, 0.25) is 5.95 Å². The third-order valence-electron chi connectivity index (χ3n) is 2.74. The Morgan fingerprint density at radius 1 is 1.41 bits per heavy atom. The van der Waals surface area contributed by atoms with Gasteiger partial charge in [-0.3, -0.25) is 0 Å². The Kier molecular flexibility index (Phi) is 3.84. The van der Waals surface area contributed by atoms with Gasteiger partial charge in [-0.05, 0) is 37.3 Å².